The summed E-state index contributed by atoms with van der Waals surface area (Å²) in [6.07, 6.45) is 2.35. The van der Waals surface area contributed by atoms with Crippen molar-refractivity contribution in [3.8, 4) is 0 Å². The molecule has 6 heteroatoms. The molecular weight excluding hydrogens is 386 g/mol. The fourth-order valence-corrected chi connectivity index (χ4v) is 4.79. The molecule has 2 aromatic carbocycles. The molecular formula is C24H28F2N2O2. The summed E-state index contributed by atoms with van der Waals surface area (Å²) in [4.78, 5) is 25.0. The van der Waals surface area contributed by atoms with Crippen LogP contribution in [0.25, 0.3) is 0 Å². The van der Waals surface area contributed by atoms with E-state index in [0.29, 0.717) is 18.5 Å². The molecule has 0 saturated heterocycles. The van der Waals surface area contributed by atoms with Gasteiger partial charge >= 0.3 is 0 Å². The van der Waals surface area contributed by atoms with Crippen molar-refractivity contribution in [2.75, 3.05) is 6.54 Å². The first-order valence-electron chi connectivity index (χ1n) is 10.2. The third-order valence-electron chi connectivity index (χ3n) is 5.63. The Kier molecular flexibility index (Phi) is 6.25. The molecule has 0 unspecified atom stereocenters. The highest BCUT2D eigenvalue weighted by molar-refractivity contribution is 5.94. The van der Waals surface area contributed by atoms with Crippen molar-refractivity contribution in [3.05, 3.63) is 71.3 Å². The van der Waals surface area contributed by atoms with E-state index in [9.17, 15) is 18.4 Å². The van der Waals surface area contributed by atoms with Gasteiger partial charge in [-0.3, -0.25) is 9.59 Å². The Balaban J connectivity index is 1.67. The highest BCUT2D eigenvalue weighted by Crippen LogP contribution is 2.45. The Labute approximate surface area is 176 Å². The molecule has 2 amide bonds. The molecule has 0 aliphatic heterocycles. The van der Waals surface area contributed by atoms with E-state index in [4.69, 9.17) is 0 Å². The van der Waals surface area contributed by atoms with E-state index in [0.717, 1.165) is 12.8 Å². The van der Waals surface area contributed by atoms with Gasteiger partial charge in [-0.1, -0.05) is 32.9 Å². The van der Waals surface area contributed by atoms with Crippen molar-refractivity contribution in [3.63, 3.8) is 0 Å². The zero-order valence-electron chi connectivity index (χ0n) is 17.6. The average molecular weight is 414 g/mol. The predicted molar refractivity (Wildman–Crippen MR) is 112 cm³/mol. The molecule has 2 atom stereocenters. The first-order chi connectivity index (χ1) is 14.1. The molecule has 2 N–H and O–H groups in total. The van der Waals surface area contributed by atoms with Crippen LogP contribution in [0.4, 0.5) is 8.78 Å². The first kappa shape index (κ1) is 21.9. The van der Waals surface area contributed by atoms with Gasteiger partial charge in [0.25, 0.3) is 11.8 Å². The summed E-state index contributed by atoms with van der Waals surface area (Å²) >= 11 is 0. The van der Waals surface area contributed by atoms with Gasteiger partial charge in [-0.05, 0) is 66.5 Å². The van der Waals surface area contributed by atoms with E-state index in [1.807, 2.05) is 0 Å². The number of benzene rings is 2. The molecule has 0 radical (unpaired) electrons. The summed E-state index contributed by atoms with van der Waals surface area (Å²) in [5.74, 6) is -1.52. The molecule has 4 nitrogen and oxygen atoms in total. The smallest absolute Gasteiger partial charge is 0.251 e. The second-order valence-electron chi connectivity index (χ2n) is 9.43. The monoisotopic (exact) mass is 414 g/mol. The summed E-state index contributed by atoms with van der Waals surface area (Å²) in [6.45, 7) is 6.78. The molecule has 0 spiro atoms. The summed E-state index contributed by atoms with van der Waals surface area (Å²) < 4.78 is 26.8. The molecule has 1 aliphatic carbocycles. The second-order valence-corrected chi connectivity index (χ2v) is 9.43. The molecule has 160 valence electrons. The zero-order valence-corrected chi connectivity index (χ0v) is 17.6. The van der Waals surface area contributed by atoms with Crippen LogP contribution >= 0.6 is 0 Å². The van der Waals surface area contributed by atoms with Gasteiger partial charge in [-0.15, -0.1) is 0 Å². The van der Waals surface area contributed by atoms with Crippen molar-refractivity contribution in [1.29, 1.82) is 0 Å². The Bertz CT molecular complexity index is 944. The number of hydrogen-bond acceptors (Lipinski definition) is 2. The van der Waals surface area contributed by atoms with Crippen LogP contribution in [-0.2, 0) is 0 Å². The molecule has 30 heavy (non-hydrogen) atoms. The molecule has 1 fully saturated rings. The molecule has 1 saturated carbocycles. The van der Waals surface area contributed by atoms with Crippen LogP contribution in [0.15, 0.2) is 48.5 Å². The lowest BCUT2D eigenvalue weighted by Gasteiger charge is -2.47. The second kappa shape index (κ2) is 8.54. The molecule has 0 bridgehead atoms. The minimum absolute atomic E-state index is 0.0452. The summed E-state index contributed by atoms with van der Waals surface area (Å²) in [7, 11) is 0. The standard InChI is InChI=1S/C24H28F2N2O2/c1-23(2)12-20(28-22(30)17-7-5-9-19(26)11-17)13-24(3,14-23)15-27-21(29)16-6-4-8-18(25)10-16/h4-11,20H,12-15H2,1-3H3,(H,27,29)(H,28,30)/t20-,24-/m0/s1. The van der Waals surface area contributed by atoms with Crippen LogP contribution in [0.3, 0.4) is 0 Å². The van der Waals surface area contributed by atoms with Gasteiger partial charge in [0.1, 0.15) is 11.6 Å². The van der Waals surface area contributed by atoms with Gasteiger partial charge in [-0.25, -0.2) is 8.78 Å². The van der Waals surface area contributed by atoms with Crippen molar-refractivity contribution in [2.24, 2.45) is 10.8 Å². The lowest BCUT2D eigenvalue weighted by molar-refractivity contribution is 0.0592. The number of rotatable bonds is 5. The lowest BCUT2D eigenvalue weighted by Crippen LogP contribution is -2.50. The van der Waals surface area contributed by atoms with Crippen LogP contribution in [-0.4, -0.2) is 24.4 Å². The van der Waals surface area contributed by atoms with Crippen molar-refractivity contribution in [1.82, 2.24) is 10.6 Å². The van der Waals surface area contributed by atoms with E-state index < -0.39 is 11.6 Å². The zero-order chi connectivity index (χ0) is 21.9. The Morgan fingerprint density at radius 2 is 1.50 bits per heavy atom. The molecule has 2 aromatic rings. The number of carbonyl (C=O) groups excluding carboxylic acids is 2. The van der Waals surface area contributed by atoms with Crippen LogP contribution in [0, 0.1) is 22.5 Å². The number of halogens is 2. The van der Waals surface area contributed by atoms with Crippen molar-refractivity contribution in [2.45, 2.75) is 46.1 Å². The van der Waals surface area contributed by atoms with E-state index in [1.165, 1.54) is 36.4 Å². The van der Waals surface area contributed by atoms with Crippen LogP contribution in [0.5, 0.6) is 0 Å². The number of nitrogens with one attached hydrogen (secondary N) is 2. The highest BCUT2D eigenvalue weighted by atomic mass is 19.1. The van der Waals surface area contributed by atoms with Gasteiger partial charge in [0, 0.05) is 23.7 Å². The Morgan fingerprint density at radius 1 is 0.933 bits per heavy atom. The van der Waals surface area contributed by atoms with E-state index in [1.54, 1.807) is 12.1 Å². The minimum atomic E-state index is -0.451. The van der Waals surface area contributed by atoms with Gasteiger partial charge in [-0.2, -0.15) is 0 Å². The van der Waals surface area contributed by atoms with E-state index in [-0.39, 0.29) is 34.2 Å². The van der Waals surface area contributed by atoms with Gasteiger partial charge in [0.05, 0.1) is 0 Å². The number of hydrogen-bond donors (Lipinski definition) is 2. The molecule has 1 aliphatic rings. The lowest BCUT2D eigenvalue weighted by atomic mass is 9.62. The maximum Gasteiger partial charge on any atom is 0.251 e. The van der Waals surface area contributed by atoms with E-state index in [2.05, 4.69) is 31.4 Å². The van der Waals surface area contributed by atoms with Crippen LogP contribution in [0.2, 0.25) is 0 Å². The fourth-order valence-electron chi connectivity index (χ4n) is 4.79. The highest BCUT2D eigenvalue weighted by Gasteiger charge is 2.42. The molecule has 0 aromatic heterocycles. The first-order valence-corrected chi connectivity index (χ1v) is 10.2. The predicted octanol–water partition coefficient (Wildman–Crippen LogP) is 4.71. The van der Waals surface area contributed by atoms with Gasteiger partial charge in [0.2, 0.25) is 0 Å². The third-order valence-corrected chi connectivity index (χ3v) is 5.63. The van der Waals surface area contributed by atoms with Gasteiger partial charge in [0.15, 0.2) is 0 Å². The topological polar surface area (TPSA) is 58.2 Å². The molecule has 3 rings (SSSR count). The summed E-state index contributed by atoms with van der Waals surface area (Å²) in [5.41, 5.74) is 0.283. The van der Waals surface area contributed by atoms with Gasteiger partial charge < -0.3 is 10.6 Å². The van der Waals surface area contributed by atoms with Crippen LogP contribution in [0.1, 0.15) is 60.7 Å². The minimum Gasteiger partial charge on any atom is -0.351 e. The van der Waals surface area contributed by atoms with Crippen LogP contribution < -0.4 is 10.6 Å². The quantitative estimate of drug-likeness (QED) is 0.745. The summed E-state index contributed by atoms with van der Waals surface area (Å²) in [6, 6.07) is 11.1. The Hall–Kier alpha value is -2.76. The Morgan fingerprint density at radius 3 is 2.07 bits per heavy atom. The normalized spacial score (nSPS) is 22.9. The largest absolute Gasteiger partial charge is 0.351 e. The third kappa shape index (κ3) is 5.65. The maximum absolute atomic E-state index is 13.4. The van der Waals surface area contributed by atoms with E-state index >= 15 is 0 Å². The maximum atomic E-state index is 13.4. The van der Waals surface area contributed by atoms with Crippen molar-refractivity contribution < 1.29 is 18.4 Å². The van der Waals surface area contributed by atoms with Crippen molar-refractivity contribution >= 4 is 11.8 Å². The fraction of sp³-hybridized carbons (Fsp3) is 0.417. The SMILES string of the molecule is CC1(C)C[C@H](NC(=O)c2cccc(F)c2)C[C@](C)(CNC(=O)c2cccc(F)c2)C1. The number of amides is 2. The average Bonchev–Trinajstić information content (AvgIpc) is 2.64. The number of carbonyl (C=O) groups is 2. The summed E-state index contributed by atoms with van der Waals surface area (Å²) in [5, 5.41) is 5.95. The molecule has 0 heterocycles.